The Labute approximate surface area is 95.7 Å². The van der Waals surface area contributed by atoms with Crippen molar-refractivity contribution in [2.75, 3.05) is 6.61 Å². The molecule has 0 atom stereocenters. The van der Waals surface area contributed by atoms with Gasteiger partial charge in [0.25, 0.3) is 0 Å². The van der Waals surface area contributed by atoms with Crippen LogP contribution in [0.25, 0.3) is 0 Å². The molecule has 1 aliphatic rings. The molecule has 86 valence electrons. The van der Waals surface area contributed by atoms with Crippen LogP contribution in [0.3, 0.4) is 0 Å². The lowest BCUT2D eigenvalue weighted by Gasteiger charge is -2.10. The zero-order valence-corrected chi connectivity index (χ0v) is 9.52. The molecule has 0 aromatic heterocycles. The summed E-state index contributed by atoms with van der Waals surface area (Å²) in [5, 5.41) is 12.2. The van der Waals surface area contributed by atoms with E-state index in [1.54, 1.807) is 0 Å². The third-order valence-corrected chi connectivity index (χ3v) is 2.83. The summed E-state index contributed by atoms with van der Waals surface area (Å²) in [6, 6.07) is 7.73. The molecule has 1 aromatic carbocycles. The summed E-state index contributed by atoms with van der Waals surface area (Å²) in [5.74, 6) is 1.55. The maximum atomic E-state index is 8.93. The van der Waals surface area contributed by atoms with Gasteiger partial charge in [0.2, 0.25) is 0 Å². The summed E-state index contributed by atoms with van der Waals surface area (Å²) in [7, 11) is 0. The topological polar surface area (TPSA) is 41.8 Å². The van der Waals surface area contributed by atoms with Crippen molar-refractivity contribution in [3.8, 4) is 5.75 Å². The first-order chi connectivity index (χ1) is 7.85. The van der Waals surface area contributed by atoms with Crippen molar-refractivity contribution in [3.63, 3.8) is 0 Å². The molecule has 1 saturated carbocycles. The van der Waals surface area contributed by atoms with Gasteiger partial charge >= 0.3 is 0 Å². The van der Waals surface area contributed by atoms with Gasteiger partial charge in [-0.25, -0.2) is 0 Å². The number of benzene rings is 1. The second-order valence-corrected chi connectivity index (χ2v) is 4.15. The van der Waals surface area contributed by atoms with E-state index in [9.17, 15) is 0 Å². The molecule has 0 unspecified atom stereocenters. The SMILES string of the molecule is CC/C(=N\O)c1ccccc1OCC1CC1. The molecule has 0 aliphatic heterocycles. The van der Waals surface area contributed by atoms with Crippen LogP contribution in [0.4, 0.5) is 0 Å². The van der Waals surface area contributed by atoms with Gasteiger partial charge in [0.05, 0.1) is 12.3 Å². The summed E-state index contributed by atoms with van der Waals surface area (Å²) < 4.78 is 5.75. The molecule has 0 bridgehead atoms. The maximum Gasteiger partial charge on any atom is 0.128 e. The fraction of sp³-hybridized carbons (Fsp3) is 0.462. The molecule has 0 amide bonds. The van der Waals surface area contributed by atoms with Crippen LogP contribution in [-0.4, -0.2) is 17.5 Å². The number of rotatable bonds is 5. The first-order valence-corrected chi connectivity index (χ1v) is 5.78. The van der Waals surface area contributed by atoms with E-state index < -0.39 is 0 Å². The average Bonchev–Trinajstić information content (AvgIpc) is 3.13. The average molecular weight is 219 g/mol. The van der Waals surface area contributed by atoms with Crippen LogP contribution in [-0.2, 0) is 0 Å². The van der Waals surface area contributed by atoms with E-state index in [1.165, 1.54) is 12.8 Å². The largest absolute Gasteiger partial charge is 0.493 e. The van der Waals surface area contributed by atoms with Crippen molar-refractivity contribution >= 4 is 5.71 Å². The van der Waals surface area contributed by atoms with Crippen molar-refractivity contribution in [1.29, 1.82) is 0 Å². The van der Waals surface area contributed by atoms with Crippen LogP contribution in [0.5, 0.6) is 5.75 Å². The van der Waals surface area contributed by atoms with Gasteiger partial charge in [-0.2, -0.15) is 0 Å². The highest BCUT2D eigenvalue weighted by Gasteiger charge is 2.22. The lowest BCUT2D eigenvalue weighted by Crippen LogP contribution is -2.06. The predicted molar refractivity (Wildman–Crippen MR) is 63.3 cm³/mol. The monoisotopic (exact) mass is 219 g/mol. The molecule has 3 nitrogen and oxygen atoms in total. The molecule has 0 saturated heterocycles. The quantitative estimate of drug-likeness (QED) is 0.470. The Bertz CT molecular complexity index is 383. The molecular weight excluding hydrogens is 202 g/mol. The van der Waals surface area contributed by atoms with Crippen molar-refractivity contribution in [3.05, 3.63) is 29.8 Å². The first-order valence-electron chi connectivity index (χ1n) is 5.78. The fourth-order valence-corrected chi connectivity index (χ4v) is 1.64. The van der Waals surface area contributed by atoms with Crippen LogP contribution >= 0.6 is 0 Å². The van der Waals surface area contributed by atoms with Crippen LogP contribution < -0.4 is 4.74 Å². The molecule has 1 aliphatic carbocycles. The zero-order valence-electron chi connectivity index (χ0n) is 9.52. The van der Waals surface area contributed by atoms with Crippen molar-refractivity contribution in [2.45, 2.75) is 26.2 Å². The van der Waals surface area contributed by atoms with Gasteiger partial charge in [0.15, 0.2) is 0 Å². The van der Waals surface area contributed by atoms with Gasteiger partial charge in [-0.05, 0) is 37.3 Å². The Hall–Kier alpha value is -1.51. The summed E-state index contributed by atoms with van der Waals surface area (Å²) >= 11 is 0. The van der Waals surface area contributed by atoms with Crippen molar-refractivity contribution < 1.29 is 9.94 Å². The van der Waals surface area contributed by atoms with Gasteiger partial charge in [-0.3, -0.25) is 0 Å². The zero-order chi connectivity index (χ0) is 11.4. The Morgan fingerprint density at radius 3 is 2.81 bits per heavy atom. The molecule has 3 heteroatoms. The highest BCUT2D eigenvalue weighted by Crippen LogP contribution is 2.30. The van der Waals surface area contributed by atoms with E-state index in [2.05, 4.69) is 5.16 Å². The number of para-hydroxylation sites is 1. The Morgan fingerprint density at radius 2 is 2.19 bits per heavy atom. The van der Waals surface area contributed by atoms with Gasteiger partial charge < -0.3 is 9.94 Å². The normalized spacial score (nSPS) is 16.2. The third-order valence-electron chi connectivity index (χ3n) is 2.83. The number of hydrogen-bond donors (Lipinski definition) is 1. The maximum absolute atomic E-state index is 8.93. The van der Waals surface area contributed by atoms with E-state index in [0.29, 0.717) is 12.1 Å². The number of oxime groups is 1. The number of ether oxygens (including phenoxy) is 1. The lowest BCUT2D eigenvalue weighted by atomic mass is 10.1. The Kier molecular flexibility index (Phi) is 3.44. The summed E-state index contributed by atoms with van der Waals surface area (Å²) in [6.07, 6.45) is 3.24. The Morgan fingerprint density at radius 1 is 1.44 bits per heavy atom. The summed E-state index contributed by atoms with van der Waals surface area (Å²) in [6.45, 7) is 2.74. The van der Waals surface area contributed by atoms with Crippen LogP contribution in [0.15, 0.2) is 29.4 Å². The molecule has 1 aromatic rings. The van der Waals surface area contributed by atoms with Gasteiger partial charge in [-0.15, -0.1) is 0 Å². The second-order valence-electron chi connectivity index (χ2n) is 4.15. The number of hydrogen-bond acceptors (Lipinski definition) is 3. The molecule has 1 fully saturated rings. The number of nitrogens with zero attached hydrogens (tertiary/aromatic N) is 1. The third kappa shape index (κ3) is 2.54. The molecule has 2 rings (SSSR count). The standard InChI is InChI=1S/C13H17NO2/c1-2-12(14-15)11-5-3-4-6-13(11)16-9-10-7-8-10/h3-6,10,15H,2,7-9H2,1H3/b14-12+. The summed E-state index contributed by atoms with van der Waals surface area (Å²) in [5.41, 5.74) is 1.57. The van der Waals surface area contributed by atoms with Crippen molar-refractivity contribution in [2.24, 2.45) is 11.1 Å². The molecule has 0 heterocycles. The fourth-order valence-electron chi connectivity index (χ4n) is 1.64. The van der Waals surface area contributed by atoms with E-state index in [1.807, 2.05) is 31.2 Å². The van der Waals surface area contributed by atoms with Crippen LogP contribution in [0.2, 0.25) is 0 Å². The van der Waals surface area contributed by atoms with Crippen molar-refractivity contribution in [1.82, 2.24) is 0 Å². The molecule has 16 heavy (non-hydrogen) atoms. The van der Waals surface area contributed by atoms with Gasteiger partial charge in [0, 0.05) is 5.56 Å². The highest BCUT2D eigenvalue weighted by molar-refractivity contribution is 6.02. The summed E-state index contributed by atoms with van der Waals surface area (Å²) in [4.78, 5) is 0. The Balaban J connectivity index is 2.14. The molecule has 0 spiro atoms. The highest BCUT2D eigenvalue weighted by atomic mass is 16.5. The van der Waals surface area contributed by atoms with Gasteiger partial charge in [-0.1, -0.05) is 24.2 Å². The molecule has 0 radical (unpaired) electrons. The van der Waals surface area contributed by atoms with E-state index in [0.717, 1.165) is 23.8 Å². The van der Waals surface area contributed by atoms with E-state index in [-0.39, 0.29) is 0 Å². The molecule has 1 N–H and O–H groups in total. The van der Waals surface area contributed by atoms with E-state index >= 15 is 0 Å². The minimum atomic E-state index is 0.673. The van der Waals surface area contributed by atoms with Gasteiger partial charge in [0.1, 0.15) is 5.75 Å². The first kappa shape index (κ1) is 11.0. The minimum Gasteiger partial charge on any atom is -0.493 e. The smallest absolute Gasteiger partial charge is 0.128 e. The molecular formula is C13H17NO2. The van der Waals surface area contributed by atoms with Crippen LogP contribution in [0.1, 0.15) is 31.7 Å². The predicted octanol–water partition coefficient (Wildman–Crippen LogP) is 3.06. The lowest BCUT2D eigenvalue weighted by molar-refractivity contribution is 0.297. The minimum absolute atomic E-state index is 0.673. The van der Waals surface area contributed by atoms with E-state index in [4.69, 9.17) is 9.94 Å². The van der Waals surface area contributed by atoms with Crippen LogP contribution in [0, 0.1) is 5.92 Å². The second kappa shape index (κ2) is 5.01.